The van der Waals surface area contributed by atoms with Crippen LogP contribution in [0.1, 0.15) is 24.3 Å². The number of rotatable bonds is 3. The van der Waals surface area contributed by atoms with E-state index in [2.05, 4.69) is 18.8 Å². The van der Waals surface area contributed by atoms with Crippen LogP contribution in [-0.2, 0) is 0 Å². The van der Waals surface area contributed by atoms with Gasteiger partial charge in [-0.05, 0) is 17.4 Å². The molecule has 4 heteroatoms. The minimum absolute atomic E-state index is 0.0915. The fourth-order valence-electron chi connectivity index (χ4n) is 2.16. The second kappa shape index (κ2) is 5.26. The lowest BCUT2D eigenvalue weighted by atomic mass is 10.1. The first-order chi connectivity index (χ1) is 8.99. The van der Waals surface area contributed by atoms with E-state index in [9.17, 15) is 4.79 Å². The molecule has 0 fully saturated rings. The van der Waals surface area contributed by atoms with E-state index < -0.39 is 0 Å². The third-order valence-electron chi connectivity index (χ3n) is 2.97. The number of anilines is 1. The summed E-state index contributed by atoms with van der Waals surface area (Å²) in [6.45, 7) is 4.85. The van der Waals surface area contributed by atoms with E-state index in [1.54, 1.807) is 18.0 Å². The van der Waals surface area contributed by atoms with Crippen LogP contribution in [0.25, 0.3) is 10.8 Å². The molecule has 100 valence electrons. The van der Waals surface area contributed by atoms with Crippen molar-refractivity contribution in [2.24, 2.45) is 5.92 Å². The highest BCUT2D eigenvalue weighted by Crippen LogP contribution is 2.20. The standard InChI is InChI=1S/C15H19N3O/c1-10(2)9-18(3)15(19)13-8-11-6-4-5-7-12(11)14(16)17-13/h4-8,10H,9H2,1-3H3,(H2,16,17). The van der Waals surface area contributed by atoms with E-state index in [0.29, 0.717) is 24.0 Å². The van der Waals surface area contributed by atoms with E-state index in [-0.39, 0.29) is 5.91 Å². The molecule has 0 saturated carbocycles. The van der Waals surface area contributed by atoms with E-state index in [1.807, 2.05) is 24.3 Å². The quantitative estimate of drug-likeness (QED) is 0.919. The summed E-state index contributed by atoms with van der Waals surface area (Å²) in [5.41, 5.74) is 6.32. The van der Waals surface area contributed by atoms with Gasteiger partial charge in [-0.1, -0.05) is 38.1 Å². The fourth-order valence-corrected chi connectivity index (χ4v) is 2.16. The lowest BCUT2D eigenvalue weighted by Gasteiger charge is -2.19. The van der Waals surface area contributed by atoms with Gasteiger partial charge in [0.15, 0.2) is 0 Å². The normalized spacial score (nSPS) is 10.9. The summed E-state index contributed by atoms with van der Waals surface area (Å²) in [6, 6.07) is 9.47. The Morgan fingerprint density at radius 2 is 2.05 bits per heavy atom. The van der Waals surface area contributed by atoms with Crippen LogP contribution in [0.2, 0.25) is 0 Å². The van der Waals surface area contributed by atoms with Crippen LogP contribution in [0, 0.1) is 5.92 Å². The van der Waals surface area contributed by atoms with Crippen molar-refractivity contribution in [3.8, 4) is 0 Å². The third kappa shape index (κ3) is 2.84. The number of carbonyl (C=O) groups excluding carboxylic acids is 1. The zero-order valence-electron chi connectivity index (χ0n) is 11.6. The third-order valence-corrected chi connectivity index (χ3v) is 2.97. The van der Waals surface area contributed by atoms with Gasteiger partial charge in [0.25, 0.3) is 5.91 Å². The van der Waals surface area contributed by atoms with Crippen molar-refractivity contribution in [2.75, 3.05) is 19.3 Å². The van der Waals surface area contributed by atoms with Crippen LogP contribution < -0.4 is 5.73 Å². The Labute approximate surface area is 113 Å². The zero-order chi connectivity index (χ0) is 14.0. The summed E-state index contributed by atoms with van der Waals surface area (Å²) in [4.78, 5) is 18.2. The Kier molecular flexibility index (Phi) is 3.69. The largest absolute Gasteiger partial charge is 0.383 e. The van der Waals surface area contributed by atoms with Gasteiger partial charge in [0.1, 0.15) is 11.5 Å². The van der Waals surface area contributed by atoms with Gasteiger partial charge in [-0.15, -0.1) is 0 Å². The van der Waals surface area contributed by atoms with Gasteiger partial charge in [0.2, 0.25) is 0 Å². The monoisotopic (exact) mass is 257 g/mol. The number of fused-ring (bicyclic) bond motifs is 1. The molecule has 4 nitrogen and oxygen atoms in total. The van der Waals surface area contributed by atoms with E-state index in [0.717, 1.165) is 10.8 Å². The maximum atomic E-state index is 12.3. The minimum Gasteiger partial charge on any atom is -0.383 e. The van der Waals surface area contributed by atoms with Crippen molar-refractivity contribution in [1.82, 2.24) is 9.88 Å². The summed E-state index contributed by atoms with van der Waals surface area (Å²) in [5, 5.41) is 1.82. The van der Waals surface area contributed by atoms with Crippen molar-refractivity contribution in [1.29, 1.82) is 0 Å². The van der Waals surface area contributed by atoms with E-state index in [1.165, 1.54) is 0 Å². The number of nitrogen functional groups attached to an aromatic ring is 1. The summed E-state index contributed by atoms with van der Waals surface area (Å²) in [7, 11) is 1.79. The van der Waals surface area contributed by atoms with E-state index >= 15 is 0 Å². The Hall–Kier alpha value is -2.10. The number of nitrogens with two attached hydrogens (primary N) is 1. The number of pyridine rings is 1. The number of carbonyl (C=O) groups is 1. The molecule has 0 saturated heterocycles. The lowest BCUT2D eigenvalue weighted by molar-refractivity contribution is 0.0773. The SMILES string of the molecule is CC(C)CN(C)C(=O)c1cc2ccccc2c(N)n1. The molecule has 0 unspecified atom stereocenters. The number of amides is 1. The average molecular weight is 257 g/mol. The molecule has 19 heavy (non-hydrogen) atoms. The lowest BCUT2D eigenvalue weighted by Crippen LogP contribution is -2.31. The number of hydrogen-bond donors (Lipinski definition) is 1. The van der Waals surface area contributed by atoms with Crippen LogP contribution in [-0.4, -0.2) is 29.4 Å². The molecule has 1 aromatic heterocycles. The van der Waals surface area contributed by atoms with Crippen molar-refractivity contribution in [2.45, 2.75) is 13.8 Å². The highest BCUT2D eigenvalue weighted by atomic mass is 16.2. The Balaban J connectivity index is 2.38. The van der Waals surface area contributed by atoms with Gasteiger partial charge in [0, 0.05) is 19.0 Å². The van der Waals surface area contributed by atoms with Crippen LogP contribution >= 0.6 is 0 Å². The van der Waals surface area contributed by atoms with Gasteiger partial charge in [-0.3, -0.25) is 4.79 Å². The van der Waals surface area contributed by atoms with Crippen LogP contribution in [0.3, 0.4) is 0 Å². The topological polar surface area (TPSA) is 59.2 Å². The smallest absolute Gasteiger partial charge is 0.272 e. The summed E-state index contributed by atoms with van der Waals surface area (Å²) in [5.74, 6) is 0.734. The summed E-state index contributed by atoms with van der Waals surface area (Å²) in [6.07, 6.45) is 0. The molecule has 0 bridgehead atoms. The van der Waals surface area contributed by atoms with Gasteiger partial charge in [0.05, 0.1) is 0 Å². The number of benzene rings is 1. The molecule has 1 heterocycles. The van der Waals surface area contributed by atoms with Gasteiger partial charge >= 0.3 is 0 Å². The van der Waals surface area contributed by atoms with Crippen molar-refractivity contribution < 1.29 is 4.79 Å². The highest BCUT2D eigenvalue weighted by Gasteiger charge is 2.15. The molecule has 1 aromatic carbocycles. The average Bonchev–Trinajstić information content (AvgIpc) is 2.37. The predicted molar refractivity (Wildman–Crippen MR) is 78.0 cm³/mol. The fraction of sp³-hybridized carbons (Fsp3) is 0.333. The van der Waals surface area contributed by atoms with Crippen LogP contribution in [0.5, 0.6) is 0 Å². The first-order valence-corrected chi connectivity index (χ1v) is 6.39. The molecule has 2 aromatic rings. The molecule has 2 N–H and O–H groups in total. The molecule has 0 atom stereocenters. The first kappa shape index (κ1) is 13.3. The summed E-state index contributed by atoms with van der Waals surface area (Å²) >= 11 is 0. The number of aromatic nitrogens is 1. The zero-order valence-corrected chi connectivity index (χ0v) is 11.6. The molecule has 0 aliphatic rings. The molecular weight excluding hydrogens is 238 g/mol. The second-order valence-corrected chi connectivity index (χ2v) is 5.19. The molecule has 0 spiro atoms. The maximum absolute atomic E-state index is 12.3. The molecule has 0 radical (unpaired) electrons. The molecule has 0 aliphatic heterocycles. The minimum atomic E-state index is -0.0915. The van der Waals surface area contributed by atoms with Crippen molar-refractivity contribution >= 4 is 22.5 Å². The van der Waals surface area contributed by atoms with Crippen LogP contribution in [0.15, 0.2) is 30.3 Å². The molecule has 1 amide bonds. The predicted octanol–water partition coefficient (Wildman–Crippen LogP) is 2.54. The number of nitrogens with zero attached hydrogens (tertiary/aromatic N) is 2. The first-order valence-electron chi connectivity index (χ1n) is 6.39. The molecular formula is C15H19N3O. The van der Waals surface area contributed by atoms with Gasteiger partial charge in [-0.2, -0.15) is 0 Å². The molecule has 0 aliphatic carbocycles. The van der Waals surface area contributed by atoms with Crippen molar-refractivity contribution in [3.63, 3.8) is 0 Å². The Morgan fingerprint density at radius 3 is 2.74 bits per heavy atom. The van der Waals surface area contributed by atoms with Gasteiger partial charge < -0.3 is 10.6 Å². The van der Waals surface area contributed by atoms with Crippen LogP contribution in [0.4, 0.5) is 5.82 Å². The van der Waals surface area contributed by atoms with Gasteiger partial charge in [-0.25, -0.2) is 4.98 Å². The summed E-state index contributed by atoms with van der Waals surface area (Å²) < 4.78 is 0. The highest BCUT2D eigenvalue weighted by molar-refractivity contribution is 5.99. The van der Waals surface area contributed by atoms with Crippen molar-refractivity contribution in [3.05, 3.63) is 36.0 Å². The Bertz CT molecular complexity index is 607. The second-order valence-electron chi connectivity index (χ2n) is 5.19. The molecule has 2 rings (SSSR count). The maximum Gasteiger partial charge on any atom is 0.272 e. The number of hydrogen-bond acceptors (Lipinski definition) is 3. The van der Waals surface area contributed by atoms with E-state index in [4.69, 9.17) is 5.73 Å². The Morgan fingerprint density at radius 1 is 1.37 bits per heavy atom.